The Kier molecular flexibility index (Phi) is 7.72. The summed E-state index contributed by atoms with van der Waals surface area (Å²) < 4.78 is 31.6. The highest BCUT2D eigenvalue weighted by Crippen LogP contribution is 2.05. The molecule has 5 N–H and O–H groups in total. The molecule has 6 nitrogen and oxygen atoms in total. The predicted molar refractivity (Wildman–Crippen MR) is 68.6 cm³/mol. The molecule has 104 valence electrons. The third kappa shape index (κ3) is 10.2. The van der Waals surface area contributed by atoms with Crippen LogP contribution >= 0.6 is 0 Å². The van der Waals surface area contributed by atoms with Gasteiger partial charge in [-0.15, -0.1) is 0 Å². The van der Waals surface area contributed by atoms with Crippen LogP contribution in [0.5, 0.6) is 0 Å². The fourth-order valence-electron chi connectivity index (χ4n) is 1.33. The summed E-state index contributed by atoms with van der Waals surface area (Å²) in [7, 11) is -4.67. The van der Waals surface area contributed by atoms with E-state index in [-0.39, 0.29) is 12.1 Å². The summed E-state index contributed by atoms with van der Waals surface area (Å²) in [6.07, 6.45) is 1.07. The van der Waals surface area contributed by atoms with E-state index in [4.69, 9.17) is 23.3 Å². The molecule has 0 spiro atoms. The Morgan fingerprint density at radius 3 is 2.06 bits per heavy atom. The topological polar surface area (TPSA) is 121 Å². The molecule has 0 bridgehead atoms. The molecule has 0 aromatic heterocycles. The van der Waals surface area contributed by atoms with E-state index < -0.39 is 10.4 Å². The maximum Gasteiger partial charge on any atom is 0.394 e. The second-order valence-corrected chi connectivity index (χ2v) is 4.67. The number of rotatable bonds is 4. The highest BCUT2D eigenvalue weighted by molar-refractivity contribution is 7.79. The minimum atomic E-state index is -4.67. The second kappa shape index (κ2) is 8.17. The Morgan fingerprint density at radius 2 is 1.67 bits per heavy atom. The first-order valence-corrected chi connectivity index (χ1v) is 6.81. The van der Waals surface area contributed by atoms with Crippen molar-refractivity contribution in [1.82, 2.24) is 0 Å². The molecular weight excluding hydrogens is 258 g/mol. The van der Waals surface area contributed by atoms with Gasteiger partial charge in [-0.05, 0) is 18.4 Å². The van der Waals surface area contributed by atoms with Crippen molar-refractivity contribution < 1.29 is 22.6 Å². The van der Waals surface area contributed by atoms with Crippen molar-refractivity contribution in [3.05, 3.63) is 35.9 Å². The van der Waals surface area contributed by atoms with E-state index in [0.29, 0.717) is 6.42 Å². The van der Waals surface area contributed by atoms with E-state index in [9.17, 15) is 5.11 Å². The van der Waals surface area contributed by atoms with Crippen molar-refractivity contribution in [2.75, 3.05) is 0 Å². The minimum absolute atomic E-state index is 0.146. The van der Waals surface area contributed by atoms with E-state index in [1.54, 1.807) is 0 Å². The van der Waals surface area contributed by atoms with Crippen molar-refractivity contribution in [2.45, 2.75) is 31.9 Å². The Labute approximate surface area is 107 Å². The first-order chi connectivity index (χ1) is 8.24. The Morgan fingerprint density at radius 1 is 1.22 bits per heavy atom. The molecule has 0 unspecified atom stereocenters. The maximum atomic E-state index is 9.46. The molecule has 0 aliphatic heterocycles. The minimum Gasteiger partial charge on any atom is -0.392 e. The normalized spacial score (nSPS) is 14.3. The quantitative estimate of drug-likeness (QED) is 0.600. The van der Waals surface area contributed by atoms with Gasteiger partial charge in [0, 0.05) is 6.04 Å². The smallest absolute Gasteiger partial charge is 0.392 e. The molecular formula is C11H19NO5S. The summed E-state index contributed by atoms with van der Waals surface area (Å²) in [5.74, 6) is 0. The molecule has 0 radical (unpaired) electrons. The zero-order valence-electron chi connectivity index (χ0n) is 10.1. The van der Waals surface area contributed by atoms with E-state index in [0.717, 1.165) is 6.42 Å². The van der Waals surface area contributed by atoms with E-state index in [1.807, 2.05) is 37.3 Å². The third-order valence-electron chi connectivity index (χ3n) is 2.23. The summed E-state index contributed by atoms with van der Waals surface area (Å²) in [6, 6.07) is 9.86. The molecule has 1 aromatic rings. The maximum absolute atomic E-state index is 9.46. The standard InChI is InChI=1S/C11H17NO.H2O4S/c1-2-11(13)10(12)8-9-6-4-3-5-7-9;1-5(2,3)4/h3-7,10-11,13H,2,8,12H2,1H3;(H2,1,2,3,4)/t10-,11-;/m0./s1. The Hall–Kier alpha value is -0.990. The molecule has 0 aliphatic carbocycles. The largest absolute Gasteiger partial charge is 0.394 e. The van der Waals surface area contributed by atoms with Crippen LogP contribution in [0.25, 0.3) is 0 Å². The van der Waals surface area contributed by atoms with Gasteiger partial charge >= 0.3 is 10.4 Å². The van der Waals surface area contributed by atoms with Crippen LogP contribution in [0.2, 0.25) is 0 Å². The van der Waals surface area contributed by atoms with Crippen LogP contribution in [0.15, 0.2) is 30.3 Å². The van der Waals surface area contributed by atoms with E-state index in [1.165, 1.54) is 5.56 Å². The first kappa shape index (κ1) is 17.0. The molecule has 0 fully saturated rings. The number of aliphatic hydroxyl groups excluding tert-OH is 1. The average Bonchev–Trinajstić information content (AvgIpc) is 2.27. The van der Waals surface area contributed by atoms with Crippen LogP contribution in [-0.2, 0) is 16.8 Å². The highest BCUT2D eigenvalue weighted by Gasteiger charge is 2.12. The van der Waals surface area contributed by atoms with Gasteiger partial charge in [-0.2, -0.15) is 8.42 Å². The zero-order valence-corrected chi connectivity index (χ0v) is 10.9. The number of benzene rings is 1. The molecule has 18 heavy (non-hydrogen) atoms. The lowest BCUT2D eigenvalue weighted by atomic mass is 10.0. The second-order valence-electron chi connectivity index (χ2n) is 3.78. The van der Waals surface area contributed by atoms with Crippen LogP contribution in [0.4, 0.5) is 0 Å². The highest BCUT2D eigenvalue weighted by atomic mass is 32.3. The van der Waals surface area contributed by atoms with Gasteiger partial charge in [0.15, 0.2) is 0 Å². The lowest BCUT2D eigenvalue weighted by molar-refractivity contribution is 0.140. The van der Waals surface area contributed by atoms with E-state index in [2.05, 4.69) is 0 Å². The van der Waals surface area contributed by atoms with Gasteiger partial charge in [0.25, 0.3) is 0 Å². The summed E-state index contributed by atoms with van der Waals surface area (Å²) in [5.41, 5.74) is 6.99. The molecule has 2 atom stereocenters. The molecule has 7 heteroatoms. The molecule has 0 aliphatic rings. The molecule has 0 amide bonds. The molecule has 1 rings (SSSR count). The molecule has 0 saturated heterocycles. The van der Waals surface area contributed by atoms with Crippen molar-refractivity contribution in [3.8, 4) is 0 Å². The van der Waals surface area contributed by atoms with Gasteiger partial charge in [0.1, 0.15) is 0 Å². The van der Waals surface area contributed by atoms with Crippen LogP contribution in [0.3, 0.4) is 0 Å². The molecule has 0 heterocycles. The van der Waals surface area contributed by atoms with Crippen molar-refractivity contribution in [2.24, 2.45) is 5.73 Å². The number of hydrogen-bond acceptors (Lipinski definition) is 4. The van der Waals surface area contributed by atoms with Gasteiger partial charge in [0.05, 0.1) is 6.10 Å². The number of aliphatic hydroxyl groups is 1. The van der Waals surface area contributed by atoms with Crippen molar-refractivity contribution in [1.29, 1.82) is 0 Å². The lowest BCUT2D eigenvalue weighted by Crippen LogP contribution is -2.36. The molecule has 1 aromatic carbocycles. The SMILES string of the molecule is CC[C@H](O)[C@@H](N)Cc1ccccc1.O=S(=O)(O)O. The van der Waals surface area contributed by atoms with Crippen LogP contribution in [-0.4, -0.2) is 34.8 Å². The predicted octanol–water partition coefficient (Wildman–Crippen LogP) is 0.674. The fraction of sp³-hybridized carbons (Fsp3) is 0.455. The van der Waals surface area contributed by atoms with Crippen LogP contribution < -0.4 is 5.73 Å². The van der Waals surface area contributed by atoms with Gasteiger partial charge in [-0.3, -0.25) is 9.11 Å². The number of hydrogen-bond donors (Lipinski definition) is 4. The van der Waals surface area contributed by atoms with Crippen molar-refractivity contribution >= 4 is 10.4 Å². The van der Waals surface area contributed by atoms with Gasteiger partial charge in [-0.1, -0.05) is 37.3 Å². The van der Waals surface area contributed by atoms with Crippen LogP contribution in [0.1, 0.15) is 18.9 Å². The summed E-state index contributed by atoms with van der Waals surface area (Å²) in [6.45, 7) is 1.94. The van der Waals surface area contributed by atoms with Crippen LogP contribution in [0, 0.1) is 0 Å². The fourth-order valence-corrected chi connectivity index (χ4v) is 1.33. The van der Waals surface area contributed by atoms with E-state index >= 15 is 0 Å². The third-order valence-corrected chi connectivity index (χ3v) is 2.23. The van der Waals surface area contributed by atoms with Gasteiger partial charge < -0.3 is 10.8 Å². The lowest BCUT2D eigenvalue weighted by Gasteiger charge is -2.16. The molecule has 0 saturated carbocycles. The van der Waals surface area contributed by atoms with Gasteiger partial charge in [-0.25, -0.2) is 0 Å². The zero-order chi connectivity index (χ0) is 14.2. The van der Waals surface area contributed by atoms with Crippen molar-refractivity contribution in [3.63, 3.8) is 0 Å². The Bertz CT molecular complexity index is 412. The first-order valence-electron chi connectivity index (χ1n) is 5.41. The van der Waals surface area contributed by atoms with Gasteiger partial charge in [0.2, 0.25) is 0 Å². The summed E-state index contributed by atoms with van der Waals surface area (Å²) in [5, 5.41) is 9.46. The average molecular weight is 277 g/mol. The monoisotopic (exact) mass is 277 g/mol. The summed E-state index contributed by atoms with van der Waals surface area (Å²) >= 11 is 0. The summed E-state index contributed by atoms with van der Waals surface area (Å²) in [4.78, 5) is 0. The Balaban J connectivity index is 0.000000494. The number of nitrogens with two attached hydrogens (primary N) is 1.